The van der Waals surface area contributed by atoms with Crippen molar-refractivity contribution >= 4 is 6.41 Å². The molecule has 1 aliphatic heterocycles. The van der Waals surface area contributed by atoms with Gasteiger partial charge in [-0.25, -0.2) is 0 Å². The van der Waals surface area contributed by atoms with Gasteiger partial charge >= 0.3 is 0 Å². The molecule has 0 saturated carbocycles. The Morgan fingerprint density at radius 2 is 1.80 bits per heavy atom. The number of hydrogen-bond donors (Lipinski definition) is 1. The monoisotopic (exact) mass is 354 g/mol. The molecule has 1 saturated heterocycles. The van der Waals surface area contributed by atoms with Crippen LogP contribution >= 0.6 is 0 Å². The predicted octanol–water partition coefficient (Wildman–Crippen LogP) is 4.38. The summed E-state index contributed by atoms with van der Waals surface area (Å²) in [6, 6.07) is 0.316. The van der Waals surface area contributed by atoms with Gasteiger partial charge in [0.05, 0.1) is 0 Å². The Balaban J connectivity index is 2.35. The fraction of sp³-hybridized carbons (Fsp3) is 0.952. The summed E-state index contributed by atoms with van der Waals surface area (Å²) < 4.78 is 5.89. The standard InChI is InChI=1S/C21H42N2O2/c1-7-9-11-18(8-2)16-25-13-10-12-23(17-24)19-14-20(3,4)22-21(5,6)15-19/h17-19,22H,7-16H2,1-6H3. The van der Waals surface area contributed by atoms with Gasteiger partial charge in [-0.05, 0) is 59.3 Å². The van der Waals surface area contributed by atoms with Crippen molar-refractivity contribution in [2.75, 3.05) is 19.8 Å². The van der Waals surface area contributed by atoms with Crippen LogP contribution in [0, 0.1) is 5.92 Å². The Hall–Kier alpha value is -0.610. The van der Waals surface area contributed by atoms with Crippen molar-refractivity contribution in [3.05, 3.63) is 0 Å². The van der Waals surface area contributed by atoms with E-state index in [-0.39, 0.29) is 11.1 Å². The van der Waals surface area contributed by atoms with Gasteiger partial charge in [0.25, 0.3) is 0 Å². The number of rotatable bonds is 12. The Morgan fingerprint density at radius 1 is 1.16 bits per heavy atom. The van der Waals surface area contributed by atoms with Crippen LogP contribution in [0.25, 0.3) is 0 Å². The molecule has 1 aliphatic rings. The van der Waals surface area contributed by atoms with Crippen LogP contribution in [0.15, 0.2) is 0 Å². The molecular formula is C21H42N2O2. The Morgan fingerprint density at radius 3 is 2.32 bits per heavy atom. The van der Waals surface area contributed by atoms with Gasteiger partial charge in [0.2, 0.25) is 6.41 Å². The molecule has 25 heavy (non-hydrogen) atoms. The molecule has 0 radical (unpaired) electrons. The van der Waals surface area contributed by atoms with E-state index in [2.05, 4.69) is 46.9 Å². The van der Waals surface area contributed by atoms with E-state index in [4.69, 9.17) is 4.74 Å². The van der Waals surface area contributed by atoms with Gasteiger partial charge in [-0.2, -0.15) is 0 Å². The number of carbonyl (C=O) groups excluding carboxylic acids is 1. The maximum atomic E-state index is 11.6. The van der Waals surface area contributed by atoms with Crippen LogP contribution in [0.3, 0.4) is 0 Å². The van der Waals surface area contributed by atoms with E-state index in [0.717, 1.165) is 45.4 Å². The van der Waals surface area contributed by atoms with Crippen molar-refractivity contribution < 1.29 is 9.53 Å². The maximum Gasteiger partial charge on any atom is 0.209 e. The third kappa shape index (κ3) is 8.54. The van der Waals surface area contributed by atoms with E-state index in [0.29, 0.717) is 12.0 Å². The van der Waals surface area contributed by atoms with E-state index in [1.807, 2.05) is 4.90 Å². The van der Waals surface area contributed by atoms with Crippen LogP contribution in [-0.4, -0.2) is 48.2 Å². The molecular weight excluding hydrogens is 312 g/mol. The quantitative estimate of drug-likeness (QED) is 0.418. The zero-order valence-electron chi connectivity index (χ0n) is 17.6. The van der Waals surface area contributed by atoms with Crippen molar-refractivity contribution in [3.63, 3.8) is 0 Å². The molecule has 1 unspecified atom stereocenters. The molecule has 4 nitrogen and oxygen atoms in total. The Kier molecular flexibility index (Phi) is 9.44. The minimum atomic E-state index is 0.0673. The van der Waals surface area contributed by atoms with E-state index >= 15 is 0 Å². The largest absolute Gasteiger partial charge is 0.381 e. The van der Waals surface area contributed by atoms with Crippen molar-refractivity contribution in [1.82, 2.24) is 10.2 Å². The lowest BCUT2D eigenvalue weighted by atomic mass is 9.79. The van der Waals surface area contributed by atoms with Crippen LogP contribution in [0.4, 0.5) is 0 Å². The highest BCUT2D eigenvalue weighted by Crippen LogP contribution is 2.31. The SMILES string of the molecule is CCCCC(CC)COCCCN(C=O)C1CC(C)(C)NC(C)(C)C1. The molecule has 1 atom stereocenters. The van der Waals surface area contributed by atoms with Crippen LogP contribution < -0.4 is 5.32 Å². The van der Waals surface area contributed by atoms with Gasteiger partial charge in [-0.1, -0.05) is 33.1 Å². The molecule has 1 rings (SSSR count). The lowest BCUT2D eigenvalue weighted by Gasteiger charge is -2.49. The predicted molar refractivity (Wildman–Crippen MR) is 106 cm³/mol. The molecule has 0 aromatic rings. The number of nitrogens with one attached hydrogen (secondary N) is 1. The van der Waals surface area contributed by atoms with Gasteiger partial charge in [-0.15, -0.1) is 0 Å². The first kappa shape index (κ1) is 22.4. The number of unbranched alkanes of at least 4 members (excludes halogenated alkanes) is 1. The molecule has 1 fully saturated rings. The van der Waals surface area contributed by atoms with Crippen LogP contribution in [-0.2, 0) is 9.53 Å². The van der Waals surface area contributed by atoms with Crippen molar-refractivity contribution in [1.29, 1.82) is 0 Å². The third-order valence-corrected chi connectivity index (χ3v) is 5.37. The van der Waals surface area contributed by atoms with E-state index < -0.39 is 0 Å². The first-order chi connectivity index (χ1) is 11.7. The number of hydrogen-bond acceptors (Lipinski definition) is 3. The normalized spacial score (nSPS) is 21.0. The molecule has 0 aliphatic carbocycles. The Labute approximate surface area is 156 Å². The minimum Gasteiger partial charge on any atom is -0.381 e. The summed E-state index contributed by atoms with van der Waals surface area (Å²) in [4.78, 5) is 13.6. The zero-order chi connectivity index (χ0) is 18.9. The second kappa shape index (κ2) is 10.5. The average molecular weight is 355 g/mol. The molecule has 1 heterocycles. The van der Waals surface area contributed by atoms with Crippen LogP contribution in [0.2, 0.25) is 0 Å². The lowest BCUT2D eigenvalue weighted by molar-refractivity contribution is -0.122. The summed E-state index contributed by atoms with van der Waals surface area (Å²) in [6.07, 6.45) is 8.99. The van der Waals surface area contributed by atoms with Gasteiger partial charge in [0, 0.05) is 36.9 Å². The average Bonchev–Trinajstić information content (AvgIpc) is 2.50. The lowest BCUT2D eigenvalue weighted by Crippen LogP contribution is -2.62. The summed E-state index contributed by atoms with van der Waals surface area (Å²) in [7, 11) is 0. The molecule has 148 valence electrons. The second-order valence-electron chi connectivity index (χ2n) is 9.14. The fourth-order valence-electron chi connectivity index (χ4n) is 4.32. The number of piperidine rings is 1. The van der Waals surface area contributed by atoms with Crippen LogP contribution in [0.5, 0.6) is 0 Å². The number of amides is 1. The molecule has 1 N–H and O–H groups in total. The fourth-order valence-corrected chi connectivity index (χ4v) is 4.32. The summed E-state index contributed by atoms with van der Waals surface area (Å²) in [6.45, 7) is 15.8. The molecule has 4 heteroatoms. The highest BCUT2D eigenvalue weighted by Gasteiger charge is 2.39. The molecule has 0 aromatic heterocycles. The van der Waals surface area contributed by atoms with Gasteiger partial charge in [0.1, 0.15) is 0 Å². The number of carbonyl (C=O) groups is 1. The van der Waals surface area contributed by atoms with Crippen LogP contribution in [0.1, 0.15) is 86.5 Å². The van der Waals surface area contributed by atoms with Gasteiger partial charge in [-0.3, -0.25) is 4.79 Å². The minimum absolute atomic E-state index is 0.0673. The summed E-state index contributed by atoms with van der Waals surface area (Å²) in [5.74, 6) is 0.688. The van der Waals surface area contributed by atoms with E-state index in [1.54, 1.807) is 0 Å². The van der Waals surface area contributed by atoms with E-state index in [9.17, 15) is 4.79 Å². The maximum absolute atomic E-state index is 11.6. The van der Waals surface area contributed by atoms with Gasteiger partial charge in [0.15, 0.2) is 0 Å². The molecule has 0 spiro atoms. The first-order valence-electron chi connectivity index (χ1n) is 10.3. The van der Waals surface area contributed by atoms with Crippen molar-refractivity contribution in [2.45, 2.75) is 104 Å². The smallest absolute Gasteiger partial charge is 0.209 e. The summed E-state index contributed by atoms with van der Waals surface area (Å²) >= 11 is 0. The highest BCUT2D eigenvalue weighted by atomic mass is 16.5. The molecule has 0 aromatic carbocycles. The van der Waals surface area contributed by atoms with Crippen molar-refractivity contribution in [2.24, 2.45) is 5.92 Å². The van der Waals surface area contributed by atoms with Gasteiger partial charge < -0.3 is 15.0 Å². The third-order valence-electron chi connectivity index (χ3n) is 5.37. The molecule has 1 amide bonds. The first-order valence-corrected chi connectivity index (χ1v) is 10.3. The summed E-state index contributed by atoms with van der Waals surface area (Å²) in [5, 5.41) is 3.69. The number of nitrogens with zero attached hydrogens (tertiary/aromatic N) is 1. The second-order valence-corrected chi connectivity index (χ2v) is 9.14. The van der Waals surface area contributed by atoms with Crippen molar-refractivity contribution in [3.8, 4) is 0 Å². The Bertz CT molecular complexity index is 366. The number of ether oxygens (including phenoxy) is 1. The zero-order valence-corrected chi connectivity index (χ0v) is 17.6. The molecule has 0 bridgehead atoms. The topological polar surface area (TPSA) is 41.6 Å². The highest BCUT2D eigenvalue weighted by molar-refractivity contribution is 5.48. The van der Waals surface area contributed by atoms with E-state index in [1.165, 1.54) is 25.7 Å². The summed E-state index contributed by atoms with van der Waals surface area (Å²) in [5.41, 5.74) is 0.135.